The van der Waals surface area contributed by atoms with E-state index in [-0.39, 0.29) is 33.7 Å². The zero-order valence-electron chi connectivity index (χ0n) is 24.9. The summed E-state index contributed by atoms with van der Waals surface area (Å²) in [7, 11) is 0. The average molecular weight is 696 g/mol. The van der Waals surface area contributed by atoms with Crippen LogP contribution in [0.1, 0.15) is 0 Å². The van der Waals surface area contributed by atoms with Crippen molar-refractivity contribution in [1.29, 1.82) is 0 Å². The highest BCUT2D eigenvalue weighted by Gasteiger charge is 2.15. The molecule has 0 radical (unpaired) electrons. The van der Waals surface area contributed by atoms with Crippen molar-refractivity contribution in [3.8, 4) is 0 Å². The number of aromatic amines is 8. The molecule has 2 aliphatic heterocycles. The molecule has 28 heteroatoms. The first-order valence-electron chi connectivity index (χ1n) is 13.6. The number of aromatic nitrogens is 18. The Kier molecular flexibility index (Phi) is 9.17. The van der Waals surface area contributed by atoms with Gasteiger partial charge in [-0.05, 0) is 0 Å². The van der Waals surface area contributed by atoms with E-state index in [2.05, 4.69) is 111 Å². The van der Waals surface area contributed by atoms with Gasteiger partial charge in [0.15, 0.2) is 45.1 Å². The molecular weight excluding hydrogens is 678 g/mol. The van der Waals surface area contributed by atoms with Gasteiger partial charge in [-0.15, -0.1) is 15.3 Å². The Labute approximate surface area is 275 Å². The van der Waals surface area contributed by atoms with Gasteiger partial charge in [0.05, 0.1) is 37.9 Å². The number of nitrogens with zero attached hydrogens (tertiary/aromatic N) is 14. The second-order valence-electron chi connectivity index (χ2n) is 9.09. The summed E-state index contributed by atoms with van der Waals surface area (Å²) in [5, 5.41) is 18.5. The van der Waals surface area contributed by atoms with Gasteiger partial charge in [0.25, 0.3) is 22.2 Å². The van der Waals surface area contributed by atoms with Crippen LogP contribution in [0, 0.1) is 0 Å². The highest BCUT2D eigenvalue weighted by Crippen LogP contribution is 2.02. The number of H-pyrrole nitrogens is 8. The first-order chi connectivity index (χ1) is 24.8. The van der Waals surface area contributed by atoms with Gasteiger partial charge in [0.1, 0.15) is 12.1 Å². The zero-order chi connectivity index (χ0) is 35.7. The van der Waals surface area contributed by atoms with E-state index in [9.17, 15) is 24.0 Å². The van der Waals surface area contributed by atoms with Crippen LogP contribution >= 0.6 is 0 Å². The summed E-state index contributed by atoms with van der Waals surface area (Å²) in [5.41, 5.74) is 7.60. The molecule has 28 nitrogen and oxygen atoms in total. The molecule has 0 unspecified atom stereocenters. The van der Waals surface area contributed by atoms with Gasteiger partial charge in [-0.3, -0.25) is 19.2 Å². The molecule has 51 heavy (non-hydrogen) atoms. The van der Waals surface area contributed by atoms with E-state index < -0.39 is 6.03 Å². The summed E-state index contributed by atoms with van der Waals surface area (Å²) in [4.78, 5) is 106. The Hall–Kier alpha value is -8.59. The fourth-order valence-electron chi connectivity index (χ4n) is 3.71. The number of carbonyl (C=O) groups is 1. The highest BCUT2D eigenvalue weighted by molar-refractivity contribution is 6.67. The smallest absolute Gasteiger partial charge is 0.369 e. The minimum atomic E-state index is -0.520. The first kappa shape index (κ1) is 32.4. The van der Waals surface area contributed by atoms with E-state index in [0.29, 0.717) is 50.7 Å². The van der Waals surface area contributed by atoms with Gasteiger partial charge in [-0.2, -0.15) is 20.2 Å². The lowest BCUT2D eigenvalue weighted by molar-refractivity contribution is 0.257. The molecule has 10 heterocycles. The molecule has 2 aliphatic rings. The molecule has 0 saturated carbocycles. The SMILES string of the molecule is Nc1nc2nc[nH]c(=O)c2[nH]1.O=C1N=CC2=NC=NC2=N1.O=c1[nH]cnc2n[nH]nc12.O=c1[nH]cnc2nc[nH]c12.O=c1[nH]nnc2nc[nH]c12. The van der Waals surface area contributed by atoms with Crippen molar-refractivity contribution in [2.45, 2.75) is 0 Å². The summed E-state index contributed by atoms with van der Waals surface area (Å²) >= 11 is 0. The molecule has 0 saturated heterocycles. The fraction of sp³-hybridized carbons (Fsp3) is 0. The lowest BCUT2D eigenvalue weighted by Crippen LogP contribution is -2.16. The number of nitrogen functional groups attached to an aromatic ring is 1. The van der Waals surface area contributed by atoms with Crippen LogP contribution < -0.4 is 28.0 Å². The van der Waals surface area contributed by atoms with Gasteiger partial charge in [0, 0.05) is 0 Å². The lowest BCUT2D eigenvalue weighted by Gasteiger charge is -1.95. The number of rotatable bonds is 0. The van der Waals surface area contributed by atoms with Crippen molar-refractivity contribution in [1.82, 2.24) is 90.6 Å². The Morgan fingerprint density at radius 2 is 1.24 bits per heavy atom. The molecule has 0 spiro atoms. The molecule has 10 N–H and O–H groups in total. The monoisotopic (exact) mass is 695 g/mol. The van der Waals surface area contributed by atoms with Crippen molar-refractivity contribution in [2.24, 2.45) is 20.0 Å². The second-order valence-corrected chi connectivity index (χ2v) is 9.09. The third-order valence-corrected chi connectivity index (χ3v) is 5.92. The number of anilines is 1. The summed E-state index contributed by atoms with van der Waals surface area (Å²) in [6.45, 7) is 0. The zero-order valence-corrected chi connectivity index (χ0v) is 24.9. The number of imidazole rings is 3. The standard InChI is InChI=1S/C5H5N5O.C5H4N4O.C5H2N4O.2C4H3N5O/c6-5-9-2-3(10-5)7-1-8-4(2)11;10-5-3-4(7-1-6-3)8-2-9-5;10-5-6-1-3-4(9-5)8-2-7-3;10-4-2-3(5-1-6-4)8-9-7-2;10-4-2-3(6-1-5-2)7-9-8-4/h1H,(H4,6,7,8,9,10,11);1-2H,(H2,6,7,8,9,10);1-2H;1H,(H2,5,6,7,8,9,10);1H,(H2,5,6,7,8,10). The molecule has 10 rings (SSSR count). The third-order valence-electron chi connectivity index (χ3n) is 5.92. The van der Waals surface area contributed by atoms with Gasteiger partial charge >= 0.3 is 6.03 Å². The van der Waals surface area contributed by atoms with E-state index in [0.717, 1.165) is 0 Å². The third kappa shape index (κ3) is 7.53. The molecule has 0 bridgehead atoms. The number of aliphatic imine (C=N–C) groups is 4. The number of amides is 2. The molecule has 8 aromatic rings. The van der Waals surface area contributed by atoms with E-state index in [1.54, 1.807) is 0 Å². The number of amidine groups is 1. The van der Waals surface area contributed by atoms with Crippen molar-refractivity contribution >= 4 is 80.7 Å². The number of nitrogens with two attached hydrogens (primary N) is 1. The van der Waals surface area contributed by atoms with Gasteiger partial charge in [-0.1, -0.05) is 5.21 Å². The fourth-order valence-corrected chi connectivity index (χ4v) is 3.71. The number of hydrogen-bond acceptors (Lipinski definition) is 18. The van der Waals surface area contributed by atoms with Crippen molar-refractivity contribution in [3.63, 3.8) is 0 Å². The molecule has 0 fully saturated rings. The quantitative estimate of drug-likeness (QED) is 0.0764. The van der Waals surface area contributed by atoms with Crippen molar-refractivity contribution in [3.05, 3.63) is 73.1 Å². The van der Waals surface area contributed by atoms with E-state index in [1.807, 2.05) is 0 Å². The number of fused-ring (bicyclic) bond motifs is 5. The Morgan fingerprint density at radius 1 is 0.608 bits per heavy atom. The maximum Gasteiger partial charge on any atom is 0.369 e. The minimum absolute atomic E-state index is 0.192. The Balaban J connectivity index is 0.000000110. The molecule has 8 aromatic heterocycles. The van der Waals surface area contributed by atoms with Crippen molar-refractivity contribution < 1.29 is 4.79 Å². The van der Waals surface area contributed by atoms with Crippen LogP contribution in [-0.4, -0.2) is 121 Å². The van der Waals surface area contributed by atoms with Crippen LogP contribution in [0.15, 0.2) is 70.8 Å². The van der Waals surface area contributed by atoms with E-state index >= 15 is 0 Å². The summed E-state index contributed by atoms with van der Waals surface area (Å²) in [6, 6.07) is -0.520. The minimum Gasteiger partial charge on any atom is -0.369 e. The van der Waals surface area contributed by atoms with Crippen LogP contribution in [0.4, 0.5) is 10.7 Å². The molecule has 0 aromatic carbocycles. The number of urea groups is 1. The maximum atomic E-state index is 11.0. The van der Waals surface area contributed by atoms with Crippen LogP contribution in [-0.2, 0) is 0 Å². The number of hydrogen-bond donors (Lipinski definition) is 9. The number of carbonyl (C=O) groups excluding carboxylic acids is 1. The molecule has 2 amide bonds. The predicted molar refractivity (Wildman–Crippen MR) is 175 cm³/mol. The lowest BCUT2D eigenvalue weighted by atomic mass is 10.3. The Bertz CT molecular complexity index is 2670. The van der Waals surface area contributed by atoms with Gasteiger partial charge < -0.3 is 35.6 Å². The summed E-state index contributed by atoms with van der Waals surface area (Å²) in [6.07, 6.45) is 9.43. The molecule has 254 valence electrons. The second kappa shape index (κ2) is 14.4. The molecule has 0 aliphatic carbocycles. The first-order valence-corrected chi connectivity index (χ1v) is 13.6. The van der Waals surface area contributed by atoms with Gasteiger partial charge in [0.2, 0.25) is 11.3 Å². The van der Waals surface area contributed by atoms with E-state index in [4.69, 9.17) is 5.73 Å². The predicted octanol–water partition coefficient (Wildman–Crippen LogP) is -2.97. The number of nitrogens with one attached hydrogen (secondary N) is 8. The maximum absolute atomic E-state index is 11.0. The highest BCUT2D eigenvalue weighted by atomic mass is 16.2. The van der Waals surface area contributed by atoms with Crippen LogP contribution in [0.2, 0.25) is 0 Å². The summed E-state index contributed by atoms with van der Waals surface area (Å²) in [5.74, 6) is 0.559. The summed E-state index contributed by atoms with van der Waals surface area (Å²) < 4.78 is 0. The van der Waals surface area contributed by atoms with Crippen molar-refractivity contribution in [2.75, 3.05) is 5.73 Å². The van der Waals surface area contributed by atoms with E-state index in [1.165, 1.54) is 44.2 Å². The van der Waals surface area contributed by atoms with Crippen LogP contribution in [0.3, 0.4) is 0 Å². The van der Waals surface area contributed by atoms with Crippen LogP contribution in [0.25, 0.3) is 44.7 Å². The molecular formula is C23H17N23O5. The molecule has 0 atom stereocenters. The topological polar surface area (TPSA) is 416 Å². The van der Waals surface area contributed by atoms with Gasteiger partial charge in [-0.25, -0.2) is 44.8 Å². The Morgan fingerprint density at radius 3 is 1.92 bits per heavy atom. The van der Waals surface area contributed by atoms with Crippen LogP contribution in [0.5, 0.6) is 0 Å². The average Bonchev–Trinajstić information content (AvgIpc) is 3.96. The largest absolute Gasteiger partial charge is 0.369 e. The normalized spacial score (nSPS) is 12.4.